The van der Waals surface area contributed by atoms with Crippen LogP contribution >= 0.6 is 0 Å². The Labute approximate surface area is 210 Å². The van der Waals surface area contributed by atoms with Crippen molar-refractivity contribution in [3.8, 4) is 5.75 Å². The molecule has 1 aromatic heterocycles. The topological polar surface area (TPSA) is 90.9 Å². The summed E-state index contributed by atoms with van der Waals surface area (Å²) in [6.07, 6.45) is 4.46. The fraction of sp³-hybridized carbons (Fsp3) is 0.333. The number of carbonyl (C=O) groups excluding carboxylic acids is 2. The largest absolute Gasteiger partial charge is 0.492 e. The Morgan fingerprint density at radius 2 is 1.86 bits per heavy atom. The van der Waals surface area contributed by atoms with Crippen LogP contribution in [0.5, 0.6) is 5.75 Å². The molecule has 36 heavy (non-hydrogen) atoms. The van der Waals surface area contributed by atoms with Crippen LogP contribution in [-0.2, 0) is 4.79 Å². The summed E-state index contributed by atoms with van der Waals surface area (Å²) in [5, 5.41) is 3.30. The van der Waals surface area contributed by atoms with Gasteiger partial charge in [-0.05, 0) is 44.0 Å². The number of anilines is 6. The lowest BCUT2D eigenvalue weighted by atomic mass is 9.98. The summed E-state index contributed by atoms with van der Waals surface area (Å²) in [5.41, 5.74) is 3.84. The van der Waals surface area contributed by atoms with E-state index in [0.29, 0.717) is 35.4 Å². The SMILES string of the molecule is CCOc1cc(N2CCC(C=O)CC2)ccc1Nc1ncc2c(n1)N(C)c1ccccc1C(=O)N2C. The number of nitrogens with zero attached hydrogens (tertiary/aromatic N) is 5. The lowest BCUT2D eigenvalue weighted by Crippen LogP contribution is -2.34. The van der Waals surface area contributed by atoms with Crippen molar-refractivity contribution in [1.29, 1.82) is 0 Å². The number of hydrogen-bond donors (Lipinski definition) is 1. The standard InChI is InChI=1S/C27H30N6O3/c1-4-36-24-15-19(33-13-11-18(17-34)12-14-33)9-10-21(24)29-27-28-16-23-25(30-27)31(2)22-8-6-5-7-20(22)26(35)32(23)3/h5-10,15-18H,4,11-14H2,1-3H3,(H,28,29,30). The van der Waals surface area contributed by atoms with Gasteiger partial charge in [-0.1, -0.05) is 12.1 Å². The molecule has 0 spiro atoms. The van der Waals surface area contributed by atoms with E-state index in [1.54, 1.807) is 18.1 Å². The van der Waals surface area contributed by atoms with Crippen LogP contribution in [-0.4, -0.2) is 56.0 Å². The number of aromatic nitrogens is 2. The zero-order chi connectivity index (χ0) is 25.2. The average Bonchev–Trinajstić information content (AvgIpc) is 2.99. The number of nitrogens with one attached hydrogen (secondary N) is 1. The van der Waals surface area contributed by atoms with Crippen LogP contribution in [0.25, 0.3) is 0 Å². The van der Waals surface area contributed by atoms with Crippen molar-refractivity contribution >= 4 is 46.7 Å². The number of benzene rings is 2. The van der Waals surface area contributed by atoms with Crippen molar-refractivity contribution in [1.82, 2.24) is 9.97 Å². The minimum atomic E-state index is -0.105. The second-order valence-corrected chi connectivity index (χ2v) is 9.04. The van der Waals surface area contributed by atoms with Gasteiger partial charge in [0.1, 0.15) is 17.7 Å². The van der Waals surface area contributed by atoms with Crippen LogP contribution in [0.1, 0.15) is 30.1 Å². The first kappa shape index (κ1) is 23.6. The summed E-state index contributed by atoms with van der Waals surface area (Å²) >= 11 is 0. The van der Waals surface area contributed by atoms with Gasteiger partial charge in [-0.2, -0.15) is 4.98 Å². The van der Waals surface area contributed by atoms with E-state index in [9.17, 15) is 9.59 Å². The summed E-state index contributed by atoms with van der Waals surface area (Å²) in [5.74, 6) is 1.78. The van der Waals surface area contributed by atoms with Gasteiger partial charge in [0.2, 0.25) is 5.95 Å². The molecule has 5 rings (SSSR count). The predicted molar refractivity (Wildman–Crippen MR) is 141 cm³/mol. The normalized spacial score (nSPS) is 15.8. The van der Waals surface area contributed by atoms with E-state index >= 15 is 0 Å². The van der Waals surface area contributed by atoms with Gasteiger partial charge >= 0.3 is 0 Å². The molecule has 0 unspecified atom stereocenters. The third-order valence-corrected chi connectivity index (χ3v) is 6.84. The molecule has 0 atom stereocenters. The van der Waals surface area contributed by atoms with Gasteiger partial charge in [0.05, 0.1) is 29.7 Å². The Bertz CT molecular complexity index is 1290. The number of carbonyl (C=O) groups is 2. The molecule has 1 amide bonds. The molecule has 3 aromatic rings. The van der Waals surface area contributed by atoms with E-state index in [-0.39, 0.29) is 11.8 Å². The van der Waals surface area contributed by atoms with Crippen LogP contribution in [0.15, 0.2) is 48.7 Å². The maximum Gasteiger partial charge on any atom is 0.260 e. The van der Waals surface area contributed by atoms with Crippen LogP contribution in [0.3, 0.4) is 0 Å². The lowest BCUT2D eigenvalue weighted by Gasteiger charge is -2.32. The molecule has 0 aliphatic carbocycles. The number of aldehydes is 1. The second kappa shape index (κ2) is 9.85. The van der Waals surface area contributed by atoms with Crippen molar-refractivity contribution in [3.63, 3.8) is 0 Å². The van der Waals surface area contributed by atoms with E-state index in [1.807, 2.05) is 61.3 Å². The Morgan fingerprint density at radius 3 is 2.61 bits per heavy atom. The third-order valence-electron chi connectivity index (χ3n) is 6.84. The summed E-state index contributed by atoms with van der Waals surface area (Å²) in [6, 6.07) is 13.5. The van der Waals surface area contributed by atoms with Gasteiger partial charge in [-0.3, -0.25) is 4.79 Å². The van der Waals surface area contributed by atoms with Crippen LogP contribution in [0, 0.1) is 5.92 Å². The molecule has 3 heterocycles. The van der Waals surface area contributed by atoms with E-state index in [0.717, 1.165) is 49.3 Å². The van der Waals surface area contributed by atoms with Crippen LogP contribution in [0.4, 0.5) is 34.5 Å². The molecule has 0 bridgehead atoms. The molecule has 186 valence electrons. The molecule has 2 aliphatic rings. The van der Waals surface area contributed by atoms with Crippen molar-refractivity contribution in [2.24, 2.45) is 5.92 Å². The van der Waals surface area contributed by atoms with Gasteiger partial charge in [0.25, 0.3) is 5.91 Å². The number of hydrogen-bond acceptors (Lipinski definition) is 8. The lowest BCUT2D eigenvalue weighted by molar-refractivity contribution is -0.111. The maximum atomic E-state index is 13.0. The summed E-state index contributed by atoms with van der Waals surface area (Å²) in [7, 11) is 3.63. The zero-order valence-corrected chi connectivity index (χ0v) is 20.8. The zero-order valence-electron chi connectivity index (χ0n) is 20.8. The number of piperidine rings is 1. The average molecular weight is 487 g/mol. The number of fused-ring (bicyclic) bond motifs is 2. The fourth-order valence-corrected chi connectivity index (χ4v) is 4.76. The smallest absolute Gasteiger partial charge is 0.260 e. The first-order valence-electron chi connectivity index (χ1n) is 12.2. The molecular formula is C27H30N6O3. The van der Waals surface area contributed by atoms with Gasteiger partial charge in [-0.15, -0.1) is 0 Å². The van der Waals surface area contributed by atoms with E-state index in [1.165, 1.54) is 0 Å². The molecule has 2 aliphatic heterocycles. The Morgan fingerprint density at radius 1 is 1.08 bits per heavy atom. The molecule has 2 aromatic carbocycles. The van der Waals surface area contributed by atoms with Crippen molar-refractivity contribution in [2.45, 2.75) is 19.8 Å². The minimum absolute atomic E-state index is 0.105. The molecule has 9 heteroatoms. The fourth-order valence-electron chi connectivity index (χ4n) is 4.76. The Kier molecular flexibility index (Phi) is 6.45. The highest BCUT2D eigenvalue weighted by Gasteiger charge is 2.29. The van der Waals surface area contributed by atoms with Crippen molar-refractivity contribution in [2.75, 3.05) is 53.8 Å². The highest BCUT2D eigenvalue weighted by Crippen LogP contribution is 2.39. The first-order chi connectivity index (χ1) is 17.5. The predicted octanol–water partition coefficient (Wildman–Crippen LogP) is 4.39. The van der Waals surface area contributed by atoms with Gasteiger partial charge < -0.3 is 29.5 Å². The molecule has 0 saturated carbocycles. The number of para-hydroxylation sites is 1. The Hall–Kier alpha value is -4.14. The van der Waals surface area contributed by atoms with Gasteiger partial charge in [0, 0.05) is 44.9 Å². The summed E-state index contributed by atoms with van der Waals surface area (Å²) < 4.78 is 5.95. The van der Waals surface area contributed by atoms with E-state index in [2.05, 4.69) is 15.2 Å². The van der Waals surface area contributed by atoms with Crippen LogP contribution < -0.4 is 24.8 Å². The summed E-state index contributed by atoms with van der Waals surface area (Å²) in [4.78, 5) is 39.2. The third kappa shape index (κ3) is 4.32. The Balaban J connectivity index is 1.44. The van der Waals surface area contributed by atoms with Crippen LogP contribution in [0.2, 0.25) is 0 Å². The molecule has 9 nitrogen and oxygen atoms in total. The van der Waals surface area contributed by atoms with E-state index < -0.39 is 0 Å². The number of amides is 1. The van der Waals surface area contributed by atoms with Gasteiger partial charge in [-0.25, -0.2) is 4.98 Å². The second-order valence-electron chi connectivity index (χ2n) is 9.04. The minimum Gasteiger partial charge on any atom is -0.492 e. The molecule has 0 radical (unpaired) electrons. The number of rotatable bonds is 6. The highest BCUT2D eigenvalue weighted by molar-refractivity contribution is 6.13. The quantitative estimate of drug-likeness (QED) is 0.513. The van der Waals surface area contributed by atoms with E-state index in [4.69, 9.17) is 9.72 Å². The highest BCUT2D eigenvalue weighted by atomic mass is 16.5. The number of ether oxygens (including phenoxy) is 1. The van der Waals surface area contributed by atoms with Crippen molar-refractivity contribution in [3.05, 3.63) is 54.2 Å². The monoisotopic (exact) mass is 486 g/mol. The molecule has 1 fully saturated rings. The molecule has 1 N–H and O–H groups in total. The molecular weight excluding hydrogens is 456 g/mol. The van der Waals surface area contributed by atoms with Gasteiger partial charge in [0.15, 0.2) is 5.82 Å². The maximum absolute atomic E-state index is 13.0. The molecule has 1 saturated heterocycles. The first-order valence-corrected chi connectivity index (χ1v) is 12.2. The summed E-state index contributed by atoms with van der Waals surface area (Å²) in [6.45, 7) is 4.15. The van der Waals surface area contributed by atoms with Crippen molar-refractivity contribution < 1.29 is 14.3 Å².